The molecule has 6 rings (SSSR count). The van der Waals surface area contributed by atoms with Crippen molar-refractivity contribution in [1.29, 1.82) is 0 Å². The lowest BCUT2D eigenvalue weighted by atomic mass is 10.1. The fraction of sp³-hybridized carbons (Fsp3) is 0.179. The van der Waals surface area contributed by atoms with Gasteiger partial charge in [-0.05, 0) is 54.3 Å². The van der Waals surface area contributed by atoms with Gasteiger partial charge < -0.3 is 10.3 Å². The van der Waals surface area contributed by atoms with E-state index in [9.17, 15) is 0 Å². The molecule has 6 aromatic rings. The zero-order chi connectivity index (χ0) is 24.5. The van der Waals surface area contributed by atoms with E-state index in [1.54, 1.807) is 12.4 Å². The topological polar surface area (TPSA) is 108 Å². The molecule has 3 N–H and O–H groups in total. The standard InChI is InChI=1S/C28H26N8/c1-17(2)7-10-31-20-12-19(15-30-16-20)23-5-6-24-26(33-23)27(36-35-24)25-13-22-21(8-11-32-28(22)34-25)18-4-3-9-29-14-18/h3-6,8-9,11-17,31H,7,10H2,1-2H3,(H,32,34)(H,35,36). The van der Waals surface area contributed by atoms with Crippen LogP contribution in [0.25, 0.3) is 55.8 Å². The number of pyridine rings is 4. The molecule has 0 aliphatic rings. The molecule has 0 aromatic carbocycles. The molecule has 0 amide bonds. The summed E-state index contributed by atoms with van der Waals surface area (Å²) in [6.07, 6.45) is 10.2. The summed E-state index contributed by atoms with van der Waals surface area (Å²) in [6.45, 7) is 5.36. The van der Waals surface area contributed by atoms with E-state index in [1.807, 2.05) is 48.9 Å². The van der Waals surface area contributed by atoms with Gasteiger partial charge in [0.15, 0.2) is 0 Å². The van der Waals surface area contributed by atoms with E-state index >= 15 is 0 Å². The normalized spacial score (nSPS) is 11.5. The predicted octanol–water partition coefficient (Wildman–Crippen LogP) is 6.08. The summed E-state index contributed by atoms with van der Waals surface area (Å²) in [6, 6.07) is 14.2. The van der Waals surface area contributed by atoms with Crippen molar-refractivity contribution >= 4 is 27.8 Å². The number of fused-ring (bicyclic) bond motifs is 2. The molecule has 0 aliphatic carbocycles. The maximum atomic E-state index is 4.97. The Balaban J connectivity index is 1.38. The molecule has 8 heteroatoms. The van der Waals surface area contributed by atoms with E-state index in [1.165, 1.54) is 0 Å². The summed E-state index contributed by atoms with van der Waals surface area (Å²) in [4.78, 5) is 21.6. The fourth-order valence-electron chi connectivity index (χ4n) is 4.36. The Morgan fingerprint density at radius 3 is 2.72 bits per heavy atom. The number of nitrogens with one attached hydrogen (secondary N) is 3. The lowest BCUT2D eigenvalue weighted by Crippen LogP contribution is -2.05. The molecule has 36 heavy (non-hydrogen) atoms. The molecule has 0 bridgehead atoms. The van der Waals surface area contributed by atoms with Crippen molar-refractivity contribution in [2.24, 2.45) is 5.92 Å². The first-order chi connectivity index (χ1) is 17.7. The van der Waals surface area contributed by atoms with Crippen molar-refractivity contribution in [1.82, 2.24) is 35.1 Å². The third kappa shape index (κ3) is 4.17. The van der Waals surface area contributed by atoms with Gasteiger partial charge in [0.05, 0.1) is 22.6 Å². The molecular weight excluding hydrogens is 448 g/mol. The zero-order valence-electron chi connectivity index (χ0n) is 20.2. The number of aromatic nitrogens is 7. The number of H-pyrrole nitrogens is 2. The van der Waals surface area contributed by atoms with Gasteiger partial charge in [0.1, 0.15) is 16.9 Å². The van der Waals surface area contributed by atoms with Gasteiger partial charge in [-0.1, -0.05) is 19.9 Å². The van der Waals surface area contributed by atoms with Crippen LogP contribution in [-0.4, -0.2) is 41.7 Å². The summed E-state index contributed by atoms with van der Waals surface area (Å²) < 4.78 is 0. The number of nitrogens with zero attached hydrogens (tertiary/aromatic N) is 5. The molecule has 6 aromatic heterocycles. The van der Waals surface area contributed by atoms with Gasteiger partial charge in [-0.2, -0.15) is 5.10 Å². The lowest BCUT2D eigenvalue weighted by molar-refractivity contribution is 0.607. The van der Waals surface area contributed by atoms with Crippen LogP contribution in [0.4, 0.5) is 5.69 Å². The van der Waals surface area contributed by atoms with Crippen molar-refractivity contribution in [3.63, 3.8) is 0 Å². The van der Waals surface area contributed by atoms with E-state index in [-0.39, 0.29) is 0 Å². The van der Waals surface area contributed by atoms with Crippen LogP contribution in [0.5, 0.6) is 0 Å². The largest absolute Gasteiger partial charge is 0.384 e. The minimum Gasteiger partial charge on any atom is -0.384 e. The third-order valence-corrected chi connectivity index (χ3v) is 6.25. The number of hydrogen-bond acceptors (Lipinski definition) is 6. The highest BCUT2D eigenvalue weighted by molar-refractivity contribution is 5.98. The zero-order valence-corrected chi connectivity index (χ0v) is 20.2. The molecule has 8 nitrogen and oxygen atoms in total. The number of hydrogen-bond donors (Lipinski definition) is 3. The van der Waals surface area contributed by atoms with Crippen molar-refractivity contribution in [2.75, 3.05) is 11.9 Å². The van der Waals surface area contributed by atoms with Gasteiger partial charge in [-0.3, -0.25) is 15.1 Å². The van der Waals surface area contributed by atoms with Crippen LogP contribution in [0, 0.1) is 5.92 Å². The van der Waals surface area contributed by atoms with Crippen molar-refractivity contribution in [3.05, 3.63) is 73.4 Å². The Morgan fingerprint density at radius 2 is 1.86 bits per heavy atom. The van der Waals surface area contributed by atoms with Gasteiger partial charge in [0.25, 0.3) is 0 Å². The minimum atomic E-state index is 0.650. The highest BCUT2D eigenvalue weighted by atomic mass is 15.1. The van der Waals surface area contributed by atoms with Crippen LogP contribution in [0.2, 0.25) is 0 Å². The van der Waals surface area contributed by atoms with Crippen LogP contribution in [0.1, 0.15) is 20.3 Å². The lowest BCUT2D eigenvalue weighted by Gasteiger charge is -2.09. The first-order valence-corrected chi connectivity index (χ1v) is 12.1. The fourth-order valence-corrected chi connectivity index (χ4v) is 4.36. The Kier molecular flexibility index (Phi) is 5.61. The van der Waals surface area contributed by atoms with E-state index in [4.69, 9.17) is 4.98 Å². The maximum absolute atomic E-state index is 4.97. The Hall–Kier alpha value is -4.59. The van der Waals surface area contributed by atoms with E-state index in [0.717, 1.165) is 74.5 Å². The van der Waals surface area contributed by atoms with Crippen molar-refractivity contribution in [3.8, 4) is 33.8 Å². The molecule has 0 atom stereocenters. The van der Waals surface area contributed by atoms with E-state index in [0.29, 0.717) is 5.92 Å². The molecule has 6 heterocycles. The second kappa shape index (κ2) is 9.22. The molecular formula is C28H26N8. The van der Waals surface area contributed by atoms with E-state index in [2.05, 4.69) is 61.4 Å². The van der Waals surface area contributed by atoms with Gasteiger partial charge in [-0.15, -0.1) is 0 Å². The van der Waals surface area contributed by atoms with Gasteiger partial charge in [0.2, 0.25) is 0 Å². The average molecular weight is 475 g/mol. The molecule has 0 radical (unpaired) electrons. The number of rotatable bonds is 7. The molecule has 0 aliphatic heterocycles. The molecule has 0 saturated carbocycles. The summed E-state index contributed by atoms with van der Waals surface area (Å²) in [5, 5.41) is 12.2. The van der Waals surface area contributed by atoms with Gasteiger partial charge >= 0.3 is 0 Å². The van der Waals surface area contributed by atoms with Crippen LogP contribution in [-0.2, 0) is 0 Å². The van der Waals surface area contributed by atoms with Crippen LogP contribution >= 0.6 is 0 Å². The molecule has 0 unspecified atom stereocenters. The molecule has 0 spiro atoms. The van der Waals surface area contributed by atoms with Crippen molar-refractivity contribution in [2.45, 2.75) is 20.3 Å². The average Bonchev–Trinajstić information content (AvgIpc) is 3.53. The Bertz CT molecular complexity index is 1650. The second-order valence-corrected chi connectivity index (χ2v) is 9.28. The minimum absolute atomic E-state index is 0.650. The van der Waals surface area contributed by atoms with Crippen LogP contribution in [0.15, 0.2) is 73.4 Å². The highest BCUT2D eigenvalue weighted by Gasteiger charge is 2.16. The Labute approximate surface area is 208 Å². The summed E-state index contributed by atoms with van der Waals surface area (Å²) in [5.74, 6) is 0.650. The summed E-state index contributed by atoms with van der Waals surface area (Å²) in [5.41, 5.74) is 8.95. The highest BCUT2D eigenvalue weighted by Crippen LogP contribution is 2.33. The smallest absolute Gasteiger partial charge is 0.138 e. The number of aromatic amines is 2. The molecule has 0 fully saturated rings. The molecule has 0 saturated heterocycles. The quantitative estimate of drug-likeness (QED) is 0.259. The molecule has 178 valence electrons. The summed E-state index contributed by atoms with van der Waals surface area (Å²) in [7, 11) is 0. The van der Waals surface area contributed by atoms with Crippen LogP contribution in [0.3, 0.4) is 0 Å². The number of anilines is 1. The van der Waals surface area contributed by atoms with Gasteiger partial charge in [-0.25, -0.2) is 9.97 Å². The first kappa shape index (κ1) is 21.9. The van der Waals surface area contributed by atoms with E-state index < -0.39 is 0 Å². The maximum Gasteiger partial charge on any atom is 0.138 e. The summed E-state index contributed by atoms with van der Waals surface area (Å²) >= 11 is 0. The second-order valence-electron chi connectivity index (χ2n) is 9.28. The first-order valence-electron chi connectivity index (χ1n) is 12.1. The van der Waals surface area contributed by atoms with Gasteiger partial charge in [0, 0.05) is 54.0 Å². The van der Waals surface area contributed by atoms with Crippen molar-refractivity contribution < 1.29 is 0 Å². The SMILES string of the molecule is CC(C)CCNc1cncc(-c2ccc3[nH]nc(-c4cc5c(-c6cccnc6)ccnc5[nH]4)c3n2)c1. The predicted molar refractivity (Wildman–Crippen MR) is 143 cm³/mol. The van der Waals surface area contributed by atoms with Crippen LogP contribution < -0.4 is 5.32 Å². The Morgan fingerprint density at radius 1 is 0.944 bits per heavy atom. The third-order valence-electron chi connectivity index (χ3n) is 6.25. The monoisotopic (exact) mass is 474 g/mol.